The summed E-state index contributed by atoms with van der Waals surface area (Å²) >= 11 is 0. The first-order valence-corrected chi connectivity index (χ1v) is 11.9. The number of fused-ring (bicyclic) bond motifs is 1. The molecule has 0 spiro atoms. The number of amides is 1. The Morgan fingerprint density at radius 1 is 1.38 bits per heavy atom. The number of carbonyl (C=O) groups is 1. The van der Waals surface area contributed by atoms with Gasteiger partial charge >= 0.3 is 0 Å². The van der Waals surface area contributed by atoms with Gasteiger partial charge in [0, 0.05) is 32.3 Å². The molecule has 0 saturated carbocycles. The number of nitrogens with zero attached hydrogens (tertiary/aromatic N) is 4. The van der Waals surface area contributed by atoms with E-state index in [4.69, 9.17) is 4.74 Å². The van der Waals surface area contributed by atoms with E-state index in [0.717, 1.165) is 0 Å². The van der Waals surface area contributed by atoms with Gasteiger partial charge in [0.25, 0.3) is 15.9 Å². The Morgan fingerprint density at radius 2 is 2.09 bits per heavy atom. The third-order valence-electron chi connectivity index (χ3n) is 5.44. The van der Waals surface area contributed by atoms with Crippen molar-refractivity contribution in [3.05, 3.63) is 36.3 Å². The Morgan fingerprint density at radius 3 is 2.69 bits per heavy atom. The molecular formula is C21H31N5O5S. The van der Waals surface area contributed by atoms with E-state index < -0.39 is 16.1 Å². The van der Waals surface area contributed by atoms with Crippen LogP contribution in [0.1, 0.15) is 24.2 Å². The molecule has 1 aromatic heterocycles. The van der Waals surface area contributed by atoms with Gasteiger partial charge in [-0.15, -0.1) is 0 Å². The topological polar surface area (TPSA) is 117 Å². The van der Waals surface area contributed by atoms with Crippen LogP contribution in [-0.4, -0.2) is 84.7 Å². The molecule has 10 nitrogen and oxygen atoms in total. The highest BCUT2D eigenvalue weighted by atomic mass is 32.2. The number of imidazole rings is 1. The van der Waals surface area contributed by atoms with Crippen molar-refractivity contribution in [2.24, 2.45) is 13.0 Å². The lowest BCUT2D eigenvalue weighted by Gasteiger charge is -2.38. The maximum absolute atomic E-state index is 13.4. The van der Waals surface area contributed by atoms with Crippen LogP contribution in [0, 0.1) is 5.92 Å². The van der Waals surface area contributed by atoms with Crippen LogP contribution in [0.25, 0.3) is 0 Å². The van der Waals surface area contributed by atoms with Crippen LogP contribution in [0.3, 0.4) is 0 Å². The fourth-order valence-corrected chi connectivity index (χ4v) is 4.67. The third kappa shape index (κ3) is 5.05. The van der Waals surface area contributed by atoms with Crippen molar-refractivity contribution in [2.45, 2.75) is 31.0 Å². The number of sulfonamides is 1. The number of aromatic nitrogens is 2. The van der Waals surface area contributed by atoms with Gasteiger partial charge in [-0.2, -0.15) is 8.42 Å². The molecule has 2 heterocycles. The predicted molar refractivity (Wildman–Crippen MR) is 120 cm³/mol. The number of carbonyl (C=O) groups excluding carboxylic acids is 1. The molecule has 1 aromatic carbocycles. The van der Waals surface area contributed by atoms with E-state index in [1.807, 2.05) is 25.9 Å². The second-order valence-electron chi connectivity index (χ2n) is 8.55. The lowest BCUT2D eigenvalue weighted by atomic mass is 9.99. The van der Waals surface area contributed by atoms with Crippen LogP contribution in [0.5, 0.6) is 5.75 Å². The van der Waals surface area contributed by atoms with Crippen molar-refractivity contribution in [1.82, 2.24) is 19.4 Å². The number of aliphatic hydroxyl groups excluding tert-OH is 1. The largest absolute Gasteiger partial charge is 0.486 e. The number of hydrogen-bond donors (Lipinski definition) is 2. The quantitative estimate of drug-likeness (QED) is 0.627. The summed E-state index contributed by atoms with van der Waals surface area (Å²) < 4.78 is 36.2. The molecule has 1 amide bonds. The van der Waals surface area contributed by atoms with E-state index in [1.165, 1.54) is 17.1 Å². The number of ether oxygens (including phenoxy) is 1. The van der Waals surface area contributed by atoms with Crippen molar-refractivity contribution in [3.63, 3.8) is 0 Å². The van der Waals surface area contributed by atoms with Gasteiger partial charge in [0.1, 0.15) is 6.10 Å². The summed E-state index contributed by atoms with van der Waals surface area (Å²) in [6.07, 6.45) is 2.47. The van der Waals surface area contributed by atoms with Crippen molar-refractivity contribution < 1.29 is 23.1 Å². The minimum atomic E-state index is -3.99. The molecule has 2 N–H and O–H groups in total. The van der Waals surface area contributed by atoms with Gasteiger partial charge in [-0.3, -0.25) is 9.52 Å². The van der Waals surface area contributed by atoms with E-state index in [2.05, 4.69) is 9.71 Å². The van der Waals surface area contributed by atoms with Gasteiger partial charge in [0.05, 0.1) is 30.2 Å². The standard InChI is InChI=1S/C21H31N5O5S/c1-14-9-26(15(2)12-27)21(28)16-7-6-8-17(20(16)31-18(14)10-24(3)4)23-32(29,30)19-11-25(5)13-22-19/h6-8,11,13-15,18,23,27H,9-10,12H2,1-5H3/t14-,15-,18-/m0/s1. The molecule has 0 fully saturated rings. The summed E-state index contributed by atoms with van der Waals surface area (Å²) in [7, 11) is 1.53. The highest BCUT2D eigenvalue weighted by Gasteiger charge is 2.34. The summed E-state index contributed by atoms with van der Waals surface area (Å²) in [5.74, 6) is -0.218. The molecule has 3 rings (SSSR count). The zero-order chi connectivity index (χ0) is 23.6. The molecule has 0 aliphatic carbocycles. The Hall–Kier alpha value is -2.63. The van der Waals surface area contributed by atoms with Crippen LogP contribution in [0.2, 0.25) is 0 Å². The van der Waals surface area contributed by atoms with Crippen molar-refractivity contribution >= 4 is 21.6 Å². The van der Waals surface area contributed by atoms with E-state index in [-0.39, 0.29) is 46.6 Å². The first-order chi connectivity index (χ1) is 15.0. The summed E-state index contributed by atoms with van der Waals surface area (Å²) in [5, 5.41) is 9.58. The van der Waals surface area contributed by atoms with Crippen LogP contribution >= 0.6 is 0 Å². The molecule has 0 saturated heterocycles. The molecule has 32 heavy (non-hydrogen) atoms. The van der Waals surface area contributed by atoms with E-state index >= 15 is 0 Å². The molecule has 1 aliphatic rings. The van der Waals surface area contributed by atoms with Gasteiger partial charge in [-0.05, 0) is 33.2 Å². The van der Waals surface area contributed by atoms with Crippen molar-refractivity contribution in [3.8, 4) is 5.75 Å². The Bertz CT molecular complexity index is 1070. The van der Waals surface area contributed by atoms with Gasteiger partial charge in [-0.25, -0.2) is 4.98 Å². The predicted octanol–water partition coefficient (Wildman–Crippen LogP) is 1.00. The average Bonchev–Trinajstić information content (AvgIpc) is 3.17. The van der Waals surface area contributed by atoms with Gasteiger partial charge < -0.3 is 24.2 Å². The molecule has 176 valence electrons. The summed E-state index contributed by atoms with van der Waals surface area (Å²) in [5.41, 5.74) is 0.401. The SMILES string of the molecule is C[C@H]1CN([C@@H](C)CO)C(=O)c2cccc(NS(=O)(=O)c3cn(C)cn3)c2O[C@H]1CN(C)C. The zero-order valence-corrected chi connectivity index (χ0v) is 19.8. The Balaban J connectivity index is 2.09. The van der Waals surface area contributed by atoms with Crippen molar-refractivity contribution in [2.75, 3.05) is 38.5 Å². The fourth-order valence-electron chi connectivity index (χ4n) is 3.63. The number of aliphatic hydroxyl groups is 1. The number of aryl methyl sites for hydroxylation is 1. The minimum absolute atomic E-state index is 0.0658. The summed E-state index contributed by atoms with van der Waals surface area (Å²) in [6.45, 7) is 4.55. The number of benzene rings is 1. The second-order valence-corrected chi connectivity index (χ2v) is 10.2. The number of hydrogen-bond acceptors (Lipinski definition) is 7. The fraction of sp³-hybridized carbons (Fsp3) is 0.524. The Labute approximate surface area is 188 Å². The number of likely N-dealkylation sites (N-methyl/N-ethyl adjacent to an activating group) is 1. The highest BCUT2D eigenvalue weighted by Crippen LogP contribution is 2.35. The molecule has 0 unspecified atom stereocenters. The van der Waals surface area contributed by atoms with Crippen molar-refractivity contribution in [1.29, 1.82) is 0 Å². The van der Waals surface area contributed by atoms with E-state index in [1.54, 1.807) is 37.1 Å². The first kappa shape index (κ1) is 24.0. The molecule has 0 bridgehead atoms. The second kappa shape index (κ2) is 9.47. The number of para-hydroxylation sites is 1. The number of rotatable bonds is 7. The van der Waals surface area contributed by atoms with E-state index in [0.29, 0.717) is 13.1 Å². The van der Waals surface area contributed by atoms with Crippen LogP contribution in [0.4, 0.5) is 5.69 Å². The Kier molecular flexibility index (Phi) is 7.11. The zero-order valence-electron chi connectivity index (χ0n) is 19.0. The first-order valence-electron chi connectivity index (χ1n) is 10.4. The molecule has 11 heteroatoms. The smallest absolute Gasteiger partial charge is 0.281 e. The maximum Gasteiger partial charge on any atom is 0.281 e. The molecular weight excluding hydrogens is 434 g/mol. The molecule has 1 aliphatic heterocycles. The van der Waals surface area contributed by atoms with Crippen LogP contribution in [-0.2, 0) is 17.1 Å². The lowest BCUT2D eigenvalue weighted by molar-refractivity contribution is 0.0366. The van der Waals surface area contributed by atoms with Gasteiger partial charge in [0.15, 0.2) is 10.8 Å². The monoisotopic (exact) mass is 465 g/mol. The molecule has 2 aromatic rings. The van der Waals surface area contributed by atoms with Crippen LogP contribution in [0.15, 0.2) is 35.7 Å². The third-order valence-corrected chi connectivity index (χ3v) is 6.69. The highest BCUT2D eigenvalue weighted by molar-refractivity contribution is 7.92. The van der Waals surface area contributed by atoms with Crippen LogP contribution < -0.4 is 9.46 Å². The number of nitrogens with one attached hydrogen (secondary N) is 1. The van der Waals surface area contributed by atoms with E-state index in [9.17, 15) is 18.3 Å². The number of anilines is 1. The molecule has 0 radical (unpaired) electrons. The van der Waals surface area contributed by atoms with Gasteiger partial charge in [0.2, 0.25) is 0 Å². The molecule has 3 atom stereocenters. The average molecular weight is 466 g/mol. The maximum atomic E-state index is 13.4. The van der Waals surface area contributed by atoms with Gasteiger partial charge in [-0.1, -0.05) is 13.0 Å². The minimum Gasteiger partial charge on any atom is -0.486 e. The summed E-state index contributed by atoms with van der Waals surface area (Å²) in [6, 6.07) is 4.37. The normalized spacial score (nSPS) is 20.3. The summed E-state index contributed by atoms with van der Waals surface area (Å²) in [4.78, 5) is 20.9. The lowest BCUT2D eigenvalue weighted by Crippen LogP contribution is -2.49.